The molecule has 0 bridgehead atoms. The normalized spacial score (nSPS) is 23.1. The monoisotopic (exact) mass is 273 g/mol. The van der Waals surface area contributed by atoms with Crippen LogP contribution in [0.3, 0.4) is 0 Å². The van der Waals surface area contributed by atoms with Gasteiger partial charge in [-0.3, -0.25) is 0 Å². The third-order valence-corrected chi connectivity index (χ3v) is 4.20. The molecular weight excluding hydrogens is 258 g/mol. The maximum atomic E-state index is 10.4. The van der Waals surface area contributed by atoms with Crippen LogP contribution in [-0.2, 0) is 6.42 Å². The highest BCUT2D eigenvalue weighted by atomic mass is 35.5. The van der Waals surface area contributed by atoms with Gasteiger partial charge in [-0.2, -0.15) is 0 Å². The van der Waals surface area contributed by atoms with Crippen molar-refractivity contribution in [2.24, 2.45) is 11.7 Å². The first-order valence-corrected chi connectivity index (χ1v) is 6.81. The molecule has 3 N–H and O–H groups in total. The predicted molar refractivity (Wildman–Crippen MR) is 77.0 cm³/mol. The fraction of sp³-hybridized carbons (Fsp3) is 0.250. The summed E-state index contributed by atoms with van der Waals surface area (Å²) >= 11 is 5.89. The van der Waals surface area contributed by atoms with E-state index in [0.717, 1.165) is 17.5 Å². The zero-order valence-corrected chi connectivity index (χ0v) is 11.2. The molecule has 19 heavy (non-hydrogen) atoms. The Balaban J connectivity index is 1.87. The summed E-state index contributed by atoms with van der Waals surface area (Å²) in [5.74, 6) is 0.0265. The molecule has 0 saturated heterocycles. The molecule has 0 spiro atoms. The highest BCUT2D eigenvalue weighted by Crippen LogP contribution is 2.41. The van der Waals surface area contributed by atoms with Crippen LogP contribution in [0.15, 0.2) is 48.5 Å². The summed E-state index contributed by atoms with van der Waals surface area (Å²) in [5.41, 5.74) is 9.54. The van der Waals surface area contributed by atoms with Crippen LogP contribution in [0.2, 0.25) is 5.02 Å². The predicted octanol–water partition coefficient (Wildman–Crippen LogP) is 3.25. The summed E-state index contributed by atoms with van der Waals surface area (Å²) < 4.78 is 0. The average Bonchev–Trinajstić information content (AvgIpc) is 2.77. The number of rotatable bonds is 2. The standard InChI is InChI=1S/C16H16ClNO/c17-12-7-5-10(6-8-12)15(18)14-9-11-3-1-2-4-13(11)16(14)19/h1-8,14-16,19H,9,18H2/t14-,15-,16-/m1/s1. The summed E-state index contributed by atoms with van der Waals surface area (Å²) in [4.78, 5) is 0. The van der Waals surface area contributed by atoms with E-state index in [1.165, 1.54) is 5.56 Å². The summed E-state index contributed by atoms with van der Waals surface area (Å²) in [6.07, 6.45) is 0.336. The van der Waals surface area contributed by atoms with E-state index in [9.17, 15) is 5.11 Å². The Labute approximate surface area is 117 Å². The highest BCUT2D eigenvalue weighted by molar-refractivity contribution is 6.30. The van der Waals surface area contributed by atoms with Gasteiger partial charge in [0.15, 0.2) is 0 Å². The van der Waals surface area contributed by atoms with E-state index in [0.29, 0.717) is 5.02 Å². The number of hydrogen-bond acceptors (Lipinski definition) is 2. The van der Waals surface area contributed by atoms with Crippen molar-refractivity contribution in [2.45, 2.75) is 18.6 Å². The summed E-state index contributed by atoms with van der Waals surface area (Å²) in [6, 6.07) is 15.4. The Kier molecular flexibility index (Phi) is 3.31. The molecule has 0 aliphatic heterocycles. The molecule has 3 heteroatoms. The number of fused-ring (bicyclic) bond motifs is 1. The van der Waals surface area contributed by atoms with E-state index in [4.69, 9.17) is 17.3 Å². The van der Waals surface area contributed by atoms with Gasteiger partial charge in [0.1, 0.15) is 0 Å². The number of halogens is 1. The van der Waals surface area contributed by atoms with Gasteiger partial charge in [-0.05, 0) is 35.2 Å². The van der Waals surface area contributed by atoms with Gasteiger partial charge in [-0.1, -0.05) is 48.0 Å². The van der Waals surface area contributed by atoms with Crippen LogP contribution in [0, 0.1) is 5.92 Å². The van der Waals surface area contributed by atoms with E-state index in [1.54, 1.807) is 0 Å². The molecule has 0 amide bonds. The second-order valence-corrected chi connectivity index (χ2v) is 5.53. The lowest BCUT2D eigenvalue weighted by molar-refractivity contribution is 0.108. The van der Waals surface area contributed by atoms with Crippen molar-refractivity contribution in [1.82, 2.24) is 0 Å². The number of aliphatic hydroxyl groups excluding tert-OH is 1. The van der Waals surface area contributed by atoms with E-state index in [1.807, 2.05) is 42.5 Å². The van der Waals surface area contributed by atoms with Crippen LogP contribution in [0.25, 0.3) is 0 Å². The largest absolute Gasteiger partial charge is 0.388 e. The molecule has 0 fully saturated rings. The lowest BCUT2D eigenvalue weighted by Gasteiger charge is -2.23. The van der Waals surface area contributed by atoms with Gasteiger partial charge in [0.25, 0.3) is 0 Å². The van der Waals surface area contributed by atoms with Crippen LogP contribution in [-0.4, -0.2) is 5.11 Å². The minimum atomic E-state index is -0.484. The van der Waals surface area contributed by atoms with Gasteiger partial charge in [0.2, 0.25) is 0 Å². The topological polar surface area (TPSA) is 46.2 Å². The first-order valence-electron chi connectivity index (χ1n) is 6.44. The molecule has 1 aliphatic carbocycles. The Hall–Kier alpha value is -1.35. The van der Waals surface area contributed by atoms with Crippen molar-refractivity contribution in [3.63, 3.8) is 0 Å². The van der Waals surface area contributed by atoms with Gasteiger partial charge in [0.05, 0.1) is 6.10 Å². The SMILES string of the molecule is N[C@H](c1ccc(Cl)cc1)[C@H]1Cc2ccccc2[C@H]1O. The first-order chi connectivity index (χ1) is 9.16. The van der Waals surface area contributed by atoms with Crippen molar-refractivity contribution in [3.8, 4) is 0 Å². The fourth-order valence-corrected chi connectivity index (χ4v) is 2.99. The molecule has 0 unspecified atom stereocenters. The number of aliphatic hydroxyl groups is 1. The van der Waals surface area contributed by atoms with E-state index in [2.05, 4.69) is 6.07 Å². The molecule has 2 aromatic rings. The molecule has 0 aromatic heterocycles. The number of nitrogens with two attached hydrogens (primary N) is 1. The molecule has 0 saturated carbocycles. The maximum Gasteiger partial charge on any atom is 0.0842 e. The van der Waals surface area contributed by atoms with Crippen LogP contribution < -0.4 is 5.73 Å². The molecule has 0 heterocycles. The fourth-order valence-electron chi connectivity index (χ4n) is 2.86. The lowest BCUT2D eigenvalue weighted by atomic mass is 9.90. The van der Waals surface area contributed by atoms with E-state index in [-0.39, 0.29) is 12.0 Å². The summed E-state index contributed by atoms with van der Waals surface area (Å²) in [6.45, 7) is 0. The molecule has 2 aromatic carbocycles. The molecule has 3 rings (SSSR count). The van der Waals surface area contributed by atoms with E-state index < -0.39 is 6.10 Å². The summed E-state index contributed by atoms with van der Waals surface area (Å²) in [7, 11) is 0. The smallest absolute Gasteiger partial charge is 0.0842 e. The minimum absolute atomic E-state index is 0.0265. The second-order valence-electron chi connectivity index (χ2n) is 5.09. The number of benzene rings is 2. The minimum Gasteiger partial charge on any atom is -0.388 e. The third kappa shape index (κ3) is 2.27. The van der Waals surface area contributed by atoms with Crippen LogP contribution >= 0.6 is 11.6 Å². The van der Waals surface area contributed by atoms with Gasteiger partial charge in [-0.25, -0.2) is 0 Å². The van der Waals surface area contributed by atoms with Crippen LogP contribution in [0.5, 0.6) is 0 Å². The van der Waals surface area contributed by atoms with Crippen molar-refractivity contribution in [3.05, 3.63) is 70.2 Å². The van der Waals surface area contributed by atoms with Crippen molar-refractivity contribution < 1.29 is 5.11 Å². The molecular formula is C16H16ClNO. The van der Waals surface area contributed by atoms with Gasteiger partial charge in [0, 0.05) is 17.0 Å². The molecule has 0 radical (unpaired) electrons. The Morgan fingerprint density at radius 2 is 1.79 bits per heavy atom. The molecule has 2 nitrogen and oxygen atoms in total. The van der Waals surface area contributed by atoms with E-state index >= 15 is 0 Å². The Morgan fingerprint density at radius 1 is 1.11 bits per heavy atom. The Bertz CT molecular complexity index is 582. The van der Waals surface area contributed by atoms with Crippen molar-refractivity contribution >= 4 is 11.6 Å². The lowest BCUT2D eigenvalue weighted by Crippen LogP contribution is -2.24. The highest BCUT2D eigenvalue weighted by Gasteiger charge is 2.35. The first kappa shape index (κ1) is 12.7. The van der Waals surface area contributed by atoms with Crippen molar-refractivity contribution in [2.75, 3.05) is 0 Å². The average molecular weight is 274 g/mol. The van der Waals surface area contributed by atoms with Crippen LogP contribution in [0.1, 0.15) is 28.8 Å². The molecule has 3 atom stereocenters. The number of hydrogen-bond donors (Lipinski definition) is 2. The van der Waals surface area contributed by atoms with Gasteiger partial charge in [-0.15, -0.1) is 0 Å². The zero-order valence-electron chi connectivity index (χ0n) is 10.5. The third-order valence-electron chi connectivity index (χ3n) is 3.95. The molecule has 98 valence electrons. The zero-order chi connectivity index (χ0) is 13.4. The van der Waals surface area contributed by atoms with Gasteiger partial charge >= 0.3 is 0 Å². The summed E-state index contributed by atoms with van der Waals surface area (Å²) in [5, 5.41) is 11.1. The second kappa shape index (κ2) is 4.97. The van der Waals surface area contributed by atoms with Crippen LogP contribution in [0.4, 0.5) is 0 Å². The molecule has 1 aliphatic rings. The Morgan fingerprint density at radius 3 is 2.47 bits per heavy atom. The van der Waals surface area contributed by atoms with Crippen molar-refractivity contribution in [1.29, 1.82) is 0 Å². The maximum absolute atomic E-state index is 10.4. The quantitative estimate of drug-likeness (QED) is 0.882. The van der Waals surface area contributed by atoms with Gasteiger partial charge < -0.3 is 10.8 Å².